The van der Waals surface area contributed by atoms with E-state index in [-0.39, 0.29) is 0 Å². The molecule has 3 nitrogen and oxygen atoms in total. The maximum Gasteiger partial charge on any atom is 0.414 e. The summed E-state index contributed by atoms with van der Waals surface area (Å²) in [7, 11) is 0. The molecule has 0 radical (unpaired) electrons. The number of hydrogen-bond donors (Lipinski definition) is 2. The van der Waals surface area contributed by atoms with E-state index in [1.807, 2.05) is 0 Å². The Bertz CT molecular complexity index is 280. The zero-order valence-electron chi connectivity index (χ0n) is 11.1. The average molecular weight is 280 g/mol. The molecule has 0 saturated carbocycles. The fraction of sp³-hybridized carbons (Fsp3) is 1.00. The van der Waals surface area contributed by atoms with Gasteiger partial charge in [-0.1, -0.05) is 0 Å². The Kier molecular flexibility index (Phi) is 5.09. The summed E-state index contributed by atoms with van der Waals surface area (Å²) in [5.74, 6) is -0.124. The highest BCUT2D eigenvalue weighted by Gasteiger charge is 2.44. The molecule has 0 aliphatic carbocycles. The highest BCUT2D eigenvalue weighted by atomic mass is 19.4. The van der Waals surface area contributed by atoms with Crippen LogP contribution in [0.5, 0.6) is 0 Å². The normalized spacial score (nSPS) is 32.2. The molecular weight excluding hydrogens is 257 g/mol. The van der Waals surface area contributed by atoms with E-state index in [0.717, 1.165) is 45.4 Å². The predicted molar refractivity (Wildman–Crippen MR) is 66.8 cm³/mol. The second-order valence-electron chi connectivity index (χ2n) is 5.86. The molecule has 6 heteroatoms. The lowest BCUT2D eigenvalue weighted by Gasteiger charge is -2.38. The summed E-state index contributed by atoms with van der Waals surface area (Å²) >= 11 is 0. The van der Waals surface area contributed by atoms with Crippen molar-refractivity contribution in [1.82, 2.24) is 10.2 Å². The molecular formula is C13H23F3N2O. The molecule has 3 atom stereocenters. The molecule has 112 valence electrons. The van der Waals surface area contributed by atoms with Gasteiger partial charge in [0, 0.05) is 19.0 Å². The van der Waals surface area contributed by atoms with Gasteiger partial charge < -0.3 is 15.3 Å². The van der Waals surface area contributed by atoms with Gasteiger partial charge in [-0.3, -0.25) is 0 Å². The molecule has 0 spiro atoms. The topological polar surface area (TPSA) is 35.5 Å². The van der Waals surface area contributed by atoms with Gasteiger partial charge in [0.25, 0.3) is 0 Å². The van der Waals surface area contributed by atoms with Crippen LogP contribution in [0.1, 0.15) is 25.7 Å². The third kappa shape index (κ3) is 4.33. The molecule has 0 aromatic heterocycles. The number of aliphatic hydroxyl groups excluding tert-OH is 1. The third-order valence-electron chi connectivity index (χ3n) is 4.24. The third-order valence-corrected chi connectivity index (χ3v) is 4.24. The summed E-state index contributed by atoms with van der Waals surface area (Å²) in [4.78, 5) is 2.10. The summed E-state index contributed by atoms with van der Waals surface area (Å²) in [5.41, 5.74) is 0. The van der Waals surface area contributed by atoms with Crippen LogP contribution in [0.2, 0.25) is 0 Å². The molecule has 0 aromatic rings. The number of hydrogen-bond acceptors (Lipinski definition) is 3. The minimum atomic E-state index is -4.49. The Morgan fingerprint density at radius 2 is 2.05 bits per heavy atom. The largest absolute Gasteiger partial charge is 0.414 e. The van der Waals surface area contributed by atoms with E-state index < -0.39 is 18.2 Å². The molecule has 0 amide bonds. The number of halogens is 3. The highest BCUT2D eigenvalue weighted by Crippen LogP contribution is 2.31. The van der Waals surface area contributed by atoms with Gasteiger partial charge in [0.1, 0.15) is 0 Å². The van der Waals surface area contributed by atoms with Crippen LogP contribution in [-0.2, 0) is 0 Å². The standard InChI is InChI=1S/C13H23F3N2O/c14-13(15,16)12(19)11-4-2-6-18(9-11)8-10-3-1-5-17-7-10/h10-12,17,19H,1-9H2. The maximum atomic E-state index is 12.5. The van der Waals surface area contributed by atoms with Crippen molar-refractivity contribution in [3.63, 3.8) is 0 Å². The lowest BCUT2D eigenvalue weighted by atomic mass is 9.90. The zero-order valence-corrected chi connectivity index (χ0v) is 11.1. The van der Waals surface area contributed by atoms with E-state index >= 15 is 0 Å². The molecule has 2 saturated heterocycles. The number of nitrogens with one attached hydrogen (secondary N) is 1. The van der Waals surface area contributed by atoms with Crippen LogP contribution in [0.25, 0.3) is 0 Å². The van der Waals surface area contributed by atoms with Gasteiger partial charge in [-0.15, -0.1) is 0 Å². The van der Waals surface area contributed by atoms with Gasteiger partial charge in [-0.05, 0) is 51.2 Å². The Morgan fingerprint density at radius 3 is 2.68 bits per heavy atom. The van der Waals surface area contributed by atoms with E-state index in [1.165, 1.54) is 0 Å². The lowest BCUT2D eigenvalue weighted by Crippen LogP contribution is -2.48. The van der Waals surface area contributed by atoms with Crippen molar-refractivity contribution in [3.8, 4) is 0 Å². The van der Waals surface area contributed by atoms with Crippen LogP contribution in [0.4, 0.5) is 13.2 Å². The first-order valence-corrected chi connectivity index (χ1v) is 7.14. The van der Waals surface area contributed by atoms with E-state index in [1.54, 1.807) is 0 Å². The summed E-state index contributed by atoms with van der Waals surface area (Å²) in [6.07, 6.45) is -3.14. The van der Waals surface area contributed by atoms with Crippen LogP contribution < -0.4 is 5.32 Å². The molecule has 2 aliphatic heterocycles. The Labute approximate surface area is 112 Å². The van der Waals surface area contributed by atoms with Gasteiger partial charge in [-0.2, -0.15) is 13.2 Å². The van der Waals surface area contributed by atoms with Crippen LogP contribution in [0, 0.1) is 11.8 Å². The second-order valence-corrected chi connectivity index (χ2v) is 5.86. The van der Waals surface area contributed by atoms with Crippen LogP contribution in [-0.4, -0.2) is 55.0 Å². The molecule has 19 heavy (non-hydrogen) atoms. The molecule has 0 aromatic carbocycles. The molecule has 2 aliphatic rings. The van der Waals surface area contributed by atoms with Crippen molar-refractivity contribution in [2.45, 2.75) is 38.0 Å². The molecule has 2 heterocycles. The van der Waals surface area contributed by atoms with Crippen molar-refractivity contribution in [2.24, 2.45) is 11.8 Å². The molecule has 2 rings (SSSR count). The van der Waals surface area contributed by atoms with Crippen LogP contribution in [0.3, 0.4) is 0 Å². The number of alkyl halides is 3. The number of likely N-dealkylation sites (tertiary alicyclic amines) is 1. The lowest BCUT2D eigenvalue weighted by molar-refractivity contribution is -0.223. The minimum Gasteiger partial charge on any atom is -0.383 e. The predicted octanol–water partition coefficient (Wildman–Crippen LogP) is 1.62. The highest BCUT2D eigenvalue weighted by molar-refractivity contribution is 4.84. The van der Waals surface area contributed by atoms with E-state index in [9.17, 15) is 18.3 Å². The first-order chi connectivity index (χ1) is 8.97. The SMILES string of the molecule is OC(C1CCCN(CC2CCCNC2)C1)C(F)(F)F. The quantitative estimate of drug-likeness (QED) is 0.824. The molecule has 0 bridgehead atoms. The Morgan fingerprint density at radius 1 is 1.26 bits per heavy atom. The summed E-state index contributed by atoms with van der Waals surface area (Å²) in [6, 6.07) is 0. The van der Waals surface area contributed by atoms with E-state index in [2.05, 4.69) is 10.2 Å². The second kappa shape index (κ2) is 6.41. The van der Waals surface area contributed by atoms with Crippen molar-refractivity contribution in [1.29, 1.82) is 0 Å². The zero-order chi connectivity index (χ0) is 13.9. The molecule has 3 unspecified atom stereocenters. The van der Waals surface area contributed by atoms with Crippen molar-refractivity contribution in [3.05, 3.63) is 0 Å². The van der Waals surface area contributed by atoms with E-state index in [0.29, 0.717) is 18.9 Å². The molecule has 2 N–H and O–H groups in total. The van der Waals surface area contributed by atoms with Gasteiger partial charge in [-0.25, -0.2) is 0 Å². The van der Waals surface area contributed by atoms with Crippen molar-refractivity contribution >= 4 is 0 Å². The van der Waals surface area contributed by atoms with Gasteiger partial charge in [0.15, 0.2) is 6.10 Å². The van der Waals surface area contributed by atoms with E-state index in [4.69, 9.17) is 0 Å². The first-order valence-electron chi connectivity index (χ1n) is 7.14. The number of rotatable bonds is 3. The summed E-state index contributed by atoms with van der Waals surface area (Å²) in [6.45, 7) is 4.09. The monoisotopic (exact) mass is 280 g/mol. The Balaban J connectivity index is 1.83. The smallest absolute Gasteiger partial charge is 0.383 e. The average Bonchev–Trinajstić information content (AvgIpc) is 2.38. The van der Waals surface area contributed by atoms with Gasteiger partial charge in [0.2, 0.25) is 0 Å². The minimum absolute atomic E-state index is 0.372. The fourth-order valence-electron chi connectivity index (χ4n) is 3.23. The van der Waals surface area contributed by atoms with Crippen molar-refractivity contribution in [2.75, 3.05) is 32.7 Å². The molecule has 2 fully saturated rings. The maximum absolute atomic E-state index is 12.5. The van der Waals surface area contributed by atoms with Crippen molar-refractivity contribution < 1.29 is 18.3 Å². The summed E-state index contributed by atoms with van der Waals surface area (Å²) < 4.78 is 37.6. The Hall–Kier alpha value is -0.330. The number of nitrogens with zero attached hydrogens (tertiary/aromatic N) is 1. The van der Waals surface area contributed by atoms with Gasteiger partial charge >= 0.3 is 6.18 Å². The first kappa shape index (κ1) is 15.1. The fourth-order valence-corrected chi connectivity index (χ4v) is 3.23. The van der Waals surface area contributed by atoms with Crippen LogP contribution >= 0.6 is 0 Å². The number of aliphatic hydroxyl groups is 1. The summed E-state index contributed by atoms with van der Waals surface area (Å²) in [5, 5.41) is 12.7. The van der Waals surface area contributed by atoms with Crippen LogP contribution in [0.15, 0.2) is 0 Å². The van der Waals surface area contributed by atoms with Gasteiger partial charge in [0.05, 0.1) is 0 Å². The number of piperidine rings is 2.